The van der Waals surface area contributed by atoms with Gasteiger partial charge in [0.15, 0.2) is 0 Å². The summed E-state index contributed by atoms with van der Waals surface area (Å²) in [6.07, 6.45) is 9.83. The SMILES string of the molecule is NCC(C1CCOC1)N1CCCC1C1CCCC1. The summed E-state index contributed by atoms with van der Waals surface area (Å²) in [5.74, 6) is 1.65. The van der Waals surface area contributed by atoms with Crippen molar-refractivity contribution >= 4 is 0 Å². The minimum Gasteiger partial charge on any atom is -0.381 e. The number of nitrogens with zero attached hydrogens (tertiary/aromatic N) is 1. The first kappa shape index (κ1) is 12.9. The Bertz CT molecular complexity index is 259. The van der Waals surface area contributed by atoms with Gasteiger partial charge >= 0.3 is 0 Å². The highest BCUT2D eigenvalue weighted by molar-refractivity contribution is 4.94. The maximum Gasteiger partial charge on any atom is 0.0510 e. The van der Waals surface area contributed by atoms with E-state index in [1.165, 1.54) is 51.5 Å². The standard InChI is InChI=1S/C15H28N2O/c16-10-15(13-7-9-18-11-13)17-8-3-6-14(17)12-4-1-2-5-12/h12-15H,1-11,16H2. The maximum atomic E-state index is 6.10. The summed E-state index contributed by atoms with van der Waals surface area (Å²) in [5.41, 5.74) is 6.10. The topological polar surface area (TPSA) is 38.5 Å². The van der Waals surface area contributed by atoms with E-state index in [-0.39, 0.29) is 0 Å². The zero-order valence-corrected chi connectivity index (χ0v) is 11.5. The molecule has 0 bridgehead atoms. The fourth-order valence-corrected chi connectivity index (χ4v) is 4.53. The molecular weight excluding hydrogens is 224 g/mol. The van der Waals surface area contributed by atoms with Crippen molar-refractivity contribution in [2.75, 3.05) is 26.3 Å². The van der Waals surface area contributed by atoms with E-state index in [4.69, 9.17) is 10.5 Å². The summed E-state index contributed by atoms with van der Waals surface area (Å²) in [6.45, 7) is 3.98. The Morgan fingerprint density at radius 2 is 1.94 bits per heavy atom. The van der Waals surface area contributed by atoms with Gasteiger partial charge < -0.3 is 10.5 Å². The molecule has 3 aliphatic rings. The third-order valence-electron chi connectivity index (χ3n) is 5.46. The number of likely N-dealkylation sites (tertiary alicyclic amines) is 1. The first-order valence-electron chi connectivity index (χ1n) is 7.93. The minimum absolute atomic E-state index is 0.584. The molecule has 3 nitrogen and oxygen atoms in total. The molecule has 2 aliphatic heterocycles. The fourth-order valence-electron chi connectivity index (χ4n) is 4.53. The third kappa shape index (κ3) is 2.45. The van der Waals surface area contributed by atoms with Crippen molar-refractivity contribution in [1.29, 1.82) is 0 Å². The Labute approximate surface area is 111 Å². The number of ether oxygens (including phenoxy) is 1. The third-order valence-corrected chi connectivity index (χ3v) is 5.46. The second kappa shape index (κ2) is 5.89. The molecule has 2 N–H and O–H groups in total. The molecule has 0 aromatic heterocycles. The highest BCUT2D eigenvalue weighted by atomic mass is 16.5. The van der Waals surface area contributed by atoms with Gasteiger partial charge in [0.1, 0.15) is 0 Å². The Morgan fingerprint density at radius 1 is 1.11 bits per heavy atom. The quantitative estimate of drug-likeness (QED) is 0.832. The van der Waals surface area contributed by atoms with Gasteiger partial charge in [-0.2, -0.15) is 0 Å². The zero-order valence-electron chi connectivity index (χ0n) is 11.5. The van der Waals surface area contributed by atoms with E-state index in [1.807, 2.05) is 0 Å². The van der Waals surface area contributed by atoms with Crippen LogP contribution in [0.3, 0.4) is 0 Å². The molecule has 0 radical (unpaired) electrons. The fraction of sp³-hybridized carbons (Fsp3) is 1.00. The van der Waals surface area contributed by atoms with E-state index in [1.54, 1.807) is 0 Å². The second-order valence-electron chi connectivity index (χ2n) is 6.42. The van der Waals surface area contributed by atoms with Crippen LogP contribution in [0.15, 0.2) is 0 Å². The predicted octanol–water partition coefficient (Wildman–Crippen LogP) is 2.00. The number of hydrogen-bond acceptors (Lipinski definition) is 3. The van der Waals surface area contributed by atoms with Crippen LogP contribution in [-0.2, 0) is 4.74 Å². The normalized spacial score (nSPS) is 36.5. The largest absolute Gasteiger partial charge is 0.381 e. The Hall–Kier alpha value is -0.120. The molecular formula is C15H28N2O. The number of hydrogen-bond donors (Lipinski definition) is 1. The summed E-state index contributed by atoms with van der Waals surface area (Å²) in [4.78, 5) is 2.77. The predicted molar refractivity (Wildman–Crippen MR) is 73.5 cm³/mol. The van der Waals surface area contributed by atoms with E-state index in [9.17, 15) is 0 Å². The molecule has 2 saturated heterocycles. The molecule has 1 aliphatic carbocycles. The number of rotatable bonds is 4. The molecule has 2 heterocycles. The van der Waals surface area contributed by atoms with Gasteiger partial charge in [0.25, 0.3) is 0 Å². The summed E-state index contributed by atoms with van der Waals surface area (Å²) in [7, 11) is 0. The molecule has 3 heteroatoms. The van der Waals surface area contributed by atoms with Crippen LogP contribution in [0.2, 0.25) is 0 Å². The van der Waals surface area contributed by atoms with E-state index in [0.29, 0.717) is 12.0 Å². The first-order chi connectivity index (χ1) is 8.90. The van der Waals surface area contributed by atoms with Crippen molar-refractivity contribution in [3.63, 3.8) is 0 Å². The molecule has 1 saturated carbocycles. The lowest BCUT2D eigenvalue weighted by atomic mass is 9.91. The van der Waals surface area contributed by atoms with Crippen molar-refractivity contribution in [3.8, 4) is 0 Å². The lowest BCUT2D eigenvalue weighted by molar-refractivity contribution is 0.0883. The van der Waals surface area contributed by atoms with E-state index < -0.39 is 0 Å². The molecule has 3 atom stereocenters. The van der Waals surface area contributed by atoms with Gasteiger partial charge in [-0.1, -0.05) is 12.8 Å². The Morgan fingerprint density at radius 3 is 2.61 bits per heavy atom. The second-order valence-corrected chi connectivity index (χ2v) is 6.42. The zero-order chi connectivity index (χ0) is 12.4. The molecule has 104 valence electrons. The molecule has 3 fully saturated rings. The molecule has 3 unspecified atom stereocenters. The Kier molecular flexibility index (Phi) is 4.22. The maximum absolute atomic E-state index is 6.10. The Balaban J connectivity index is 1.67. The van der Waals surface area contributed by atoms with Crippen LogP contribution in [0.5, 0.6) is 0 Å². The van der Waals surface area contributed by atoms with E-state index >= 15 is 0 Å². The van der Waals surface area contributed by atoms with Gasteiger partial charge in [0.2, 0.25) is 0 Å². The van der Waals surface area contributed by atoms with Crippen molar-refractivity contribution in [2.24, 2.45) is 17.6 Å². The van der Waals surface area contributed by atoms with Crippen LogP contribution in [0, 0.1) is 11.8 Å². The van der Waals surface area contributed by atoms with Crippen molar-refractivity contribution < 1.29 is 4.74 Å². The van der Waals surface area contributed by atoms with Crippen LogP contribution in [-0.4, -0.2) is 43.3 Å². The lowest BCUT2D eigenvalue weighted by Crippen LogP contribution is -2.50. The van der Waals surface area contributed by atoms with Crippen molar-refractivity contribution in [3.05, 3.63) is 0 Å². The summed E-state index contributed by atoms with van der Waals surface area (Å²) in [5, 5.41) is 0. The molecule has 0 aromatic carbocycles. The highest BCUT2D eigenvalue weighted by Crippen LogP contribution is 2.37. The van der Waals surface area contributed by atoms with Gasteiger partial charge in [0.05, 0.1) is 6.61 Å². The van der Waals surface area contributed by atoms with Gasteiger partial charge in [-0.3, -0.25) is 4.90 Å². The minimum atomic E-state index is 0.584. The smallest absolute Gasteiger partial charge is 0.0510 e. The van der Waals surface area contributed by atoms with Crippen LogP contribution < -0.4 is 5.73 Å². The van der Waals surface area contributed by atoms with E-state index in [2.05, 4.69) is 4.90 Å². The highest BCUT2D eigenvalue weighted by Gasteiger charge is 2.39. The van der Waals surface area contributed by atoms with Gasteiger partial charge in [0, 0.05) is 31.2 Å². The van der Waals surface area contributed by atoms with Crippen LogP contribution in [0.25, 0.3) is 0 Å². The van der Waals surface area contributed by atoms with Crippen LogP contribution in [0.1, 0.15) is 44.9 Å². The van der Waals surface area contributed by atoms with Gasteiger partial charge in [-0.05, 0) is 44.6 Å². The summed E-state index contributed by atoms with van der Waals surface area (Å²) in [6, 6.07) is 1.42. The number of nitrogens with two attached hydrogens (primary N) is 1. The average molecular weight is 252 g/mol. The van der Waals surface area contributed by atoms with Crippen molar-refractivity contribution in [2.45, 2.75) is 57.0 Å². The van der Waals surface area contributed by atoms with Crippen LogP contribution >= 0.6 is 0 Å². The average Bonchev–Trinajstić information content (AvgIpc) is 3.13. The molecule has 3 rings (SSSR count). The molecule has 0 spiro atoms. The van der Waals surface area contributed by atoms with Crippen molar-refractivity contribution in [1.82, 2.24) is 4.90 Å². The van der Waals surface area contributed by atoms with Crippen LogP contribution in [0.4, 0.5) is 0 Å². The summed E-state index contributed by atoms with van der Waals surface area (Å²) < 4.78 is 5.58. The molecule has 0 amide bonds. The molecule has 18 heavy (non-hydrogen) atoms. The first-order valence-corrected chi connectivity index (χ1v) is 7.93. The monoisotopic (exact) mass is 252 g/mol. The van der Waals surface area contributed by atoms with E-state index in [0.717, 1.165) is 31.7 Å². The van der Waals surface area contributed by atoms with Gasteiger partial charge in [-0.15, -0.1) is 0 Å². The van der Waals surface area contributed by atoms with Gasteiger partial charge in [-0.25, -0.2) is 0 Å². The lowest BCUT2D eigenvalue weighted by Gasteiger charge is -2.38. The summed E-state index contributed by atoms with van der Waals surface area (Å²) >= 11 is 0. The molecule has 0 aromatic rings.